The minimum absolute atomic E-state index is 0.127. The summed E-state index contributed by atoms with van der Waals surface area (Å²) in [6.45, 7) is 2.40. The van der Waals surface area contributed by atoms with Crippen LogP contribution in [0, 0.1) is 0 Å². The Hall–Kier alpha value is -2.38. The number of thioether (sulfide) groups is 1. The summed E-state index contributed by atoms with van der Waals surface area (Å²) in [5.41, 5.74) is 0.852. The first-order chi connectivity index (χ1) is 11.5. The predicted octanol–water partition coefficient (Wildman–Crippen LogP) is 3.87. The summed E-state index contributed by atoms with van der Waals surface area (Å²) >= 11 is 6.42. The molecule has 0 unspecified atom stereocenters. The standard InChI is InChI=1S/C17H13NO4S2/c1-2-18-15(19)14(24-17(18)23)9-12-6-7-13(22-12)10-4-3-5-11(8-10)16(20)21/h3-9H,2H2,1H3,(H,20,21)/b14-9-. The van der Waals surface area contributed by atoms with E-state index in [-0.39, 0.29) is 11.5 Å². The molecule has 0 spiro atoms. The van der Waals surface area contributed by atoms with Gasteiger partial charge in [0.15, 0.2) is 0 Å². The van der Waals surface area contributed by atoms with Crippen molar-refractivity contribution in [2.75, 3.05) is 6.54 Å². The molecule has 1 aliphatic heterocycles. The molecule has 0 saturated carbocycles. The van der Waals surface area contributed by atoms with Gasteiger partial charge >= 0.3 is 5.97 Å². The molecule has 1 N–H and O–H groups in total. The maximum Gasteiger partial charge on any atom is 0.335 e. The van der Waals surface area contributed by atoms with Gasteiger partial charge in [0.2, 0.25) is 0 Å². The molecule has 0 atom stereocenters. The maximum absolute atomic E-state index is 12.2. The number of aromatic carboxylic acids is 1. The Morgan fingerprint density at radius 3 is 2.83 bits per heavy atom. The molecule has 0 bridgehead atoms. The minimum Gasteiger partial charge on any atom is -0.478 e. The van der Waals surface area contributed by atoms with Crippen LogP contribution < -0.4 is 0 Å². The zero-order chi connectivity index (χ0) is 17.3. The van der Waals surface area contributed by atoms with Gasteiger partial charge in [-0.05, 0) is 31.2 Å². The lowest BCUT2D eigenvalue weighted by Gasteiger charge is -2.09. The molecule has 0 aliphatic carbocycles. The topological polar surface area (TPSA) is 70.8 Å². The summed E-state index contributed by atoms with van der Waals surface area (Å²) in [6.07, 6.45) is 1.65. The Bertz CT molecular complexity index is 869. The number of carbonyl (C=O) groups is 2. The smallest absolute Gasteiger partial charge is 0.335 e. The molecular weight excluding hydrogens is 346 g/mol. The fourth-order valence-corrected chi connectivity index (χ4v) is 3.66. The first kappa shape index (κ1) is 16.5. The van der Waals surface area contributed by atoms with Crippen LogP contribution in [0.2, 0.25) is 0 Å². The highest BCUT2D eigenvalue weighted by Crippen LogP contribution is 2.33. The van der Waals surface area contributed by atoms with E-state index in [2.05, 4.69) is 0 Å². The quantitative estimate of drug-likeness (QED) is 0.660. The third kappa shape index (κ3) is 3.13. The third-order valence-corrected chi connectivity index (χ3v) is 4.86. The van der Waals surface area contributed by atoms with E-state index < -0.39 is 5.97 Å². The number of likely N-dealkylation sites (N-methyl/N-ethyl adjacent to an activating group) is 1. The second kappa shape index (κ2) is 6.62. The van der Waals surface area contributed by atoms with Crippen molar-refractivity contribution in [3.63, 3.8) is 0 Å². The Balaban J connectivity index is 1.88. The average Bonchev–Trinajstić information content (AvgIpc) is 3.13. The van der Waals surface area contributed by atoms with E-state index >= 15 is 0 Å². The normalized spacial score (nSPS) is 16.2. The Kier molecular flexibility index (Phi) is 4.55. The molecule has 1 aromatic carbocycles. The van der Waals surface area contributed by atoms with E-state index in [0.717, 1.165) is 0 Å². The highest BCUT2D eigenvalue weighted by atomic mass is 32.2. The van der Waals surface area contributed by atoms with Gasteiger partial charge in [0, 0.05) is 18.2 Å². The summed E-state index contributed by atoms with van der Waals surface area (Å²) in [7, 11) is 0. The van der Waals surface area contributed by atoms with Crippen molar-refractivity contribution < 1.29 is 19.1 Å². The molecule has 1 saturated heterocycles. The number of carboxylic acid groups (broad SMARTS) is 1. The van der Waals surface area contributed by atoms with E-state index in [1.54, 1.807) is 36.4 Å². The second-order valence-electron chi connectivity index (χ2n) is 5.01. The van der Waals surface area contributed by atoms with E-state index in [0.29, 0.717) is 32.9 Å². The van der Waals surface area contributed by atoms with Crippen LogP contribution in [0.1, 0.15) is 23.0 Å². The van der Waals surface area contributed by atoms with Crippen LogP contribution in [0.4, 0.5) is 0 Å². The number of carbonyl (C=O) groups excluding carboxylic acids is 1. The number of rotatable bonds is 4. The summed E-state index contributed by atoms with van der Waals surface area (Å²) < 4.78 is 6.26. The SMILES string of the molecule is CCN1C(=O)/C(=C/c2ccc(-c3cccc(C(=O)O)c3)o2)SC1=S. The largest absolute Gasteiger partial charge is 0.478 e. The van der Waals surface area contributed by atoms with Gasteiger partial charge in [-0.25, -0.2) is 4.79 Å². The maximum atomic E-state index is 12.2. The van der Waals surface area contributed by atoms with Crippen molar-refractivity contribution in [2.24, 2.45) is 0 Å². The van der Waals surface area contributed by atoms with Gasteiger partial charge in [-0.3, -0.25) is 9.69 Å². The van der Waals surface area contributed by atoms with Crippen molar-refractivity contribution in [3.05, 3.63) is 52.6 Å². The van der Waals surface area contributed by atoms with Gasteiger partial charge in [0.25, 0.3) is 5.91 Å². The summed E-state index contributed by atoms with van der Waals surface area (Å²) in [6, 6.07) is 9.97. The number of benzene rings is 1. The molecule has 3 rings (SSSR count). The molecule has 7 heteroatoms. The lowest BCUT2D eigenvalue weighted by Crippen LogP contribution is -2.27. The number of nitrogens with zero attached hydrogens (tertiary/aromatic N) is 1. The van der Waals surface area contributed by atoms with E-state index in [1.807, 2.05) is 6.92 Å². The van der Waals surface area contributed by atoms with Crippen LogP contribution >= 0.6 is 24.0 Å². The third-order valence-electron chi connectivity index (χ3n) is 3.48. The Morgan fingerprint density at radius 2 is 2.17 bits per heavy atom. The number of hydrogen-bond acceptors (Lipinski definition) is 5. The molecule has 122 valence electrons. The first-order valence-electron chi connectivity index (χ1n) is 7.18. The van der Waals surface area contributed by atoms with Crippen molar-refractivity contribution >= 4 is 46.3 Å². The predicted molar refractivity (Wildman–Crippen MR) is 96.7 cm³/mol. The van der Waals surface area contributed by atoms with Crippen LogP contribution in [-0.2, 0) is 4.79 Å². The molecular formula is C17H13NO4S2. The monoisotopic (exact) mass is 359 g/mol. The zero-order valence-corrected chi connectivity index (χ0v) is 14.3. The molecule has 2 aromatic rings. The van der Waals surface area contributed by atoms with Crippen molar-refractivity contribution in [1.82, 2.24) is 4.90 Å². The molecule has 1 aliphatic rings. The number of amides is 1. The van der Waals surface area contributed by atoms with Crippen LogP contribution in [0.5, 0.6) is 0 Å². The van der Waals surface area contributed by atoms with Crippen LogP contribution in [0.25, 0.3) is 17.4 Å². The van der Waals surface area contributed by atoms with E-state index in [4.69, 9.17) is 21.7 Å². The van der Waals surface area contributed by atoms with Gasteiger partial charge in [0.1, 0.15) is 15.8 Å². The first-order valence-corrected chi connectivity index (χ1v) is 8.41. The number of carboxylic acids is 1. The summed E-state index contributed by atoms with van der Waals surface area (Å²) in [5, 5.41) is 9.06. The number of thiocarbonyl (C=S) groups is 1. The fourth-order valence-electron chi connectivity index (χ4n) is 2.29. The fraction of sp³-hybridized carbons (Fsp3) is 0.118. The molecule has 1 aromatic heterocycles. The van der Waals surface area contributed by atoms with Crippen molar-refractivity contribution in [2.45, 2.75) is 6.92 Å². The average molecular weight is 359 g/mol. The summed E-state index contributed by atoms with van der Waals surface area (Å²) in [4.78, 5) is 25.3. The Morgan fingerprint density at radius 1 is 1.38 bits per heavy atom. The number of hydrogen-bond donors (Lipinski definition) is 1. The molecule has 24 heavy (non-hydrogen) atoms. The van der Waals surface area contributed by atoms with Crippen LogP contribution in [0.3, 0.4) is 0 Å². The molecule has 0 radical (unpaired) electrons. The molecule has 2 heterocycles. The van der Waals surface area contributed by atoms with Crippen LogP contribution in [0.15, 0.2) is 45.7 Å². The Labute approximate surface area is 148 Å². The molecule has 1 fully saturated rings. The summed E-state index contributed by atoms with van der Waals surface area (Å²) in [5.74, 6) is -0.0668. The van der Waals surface area contributed by atoms with Gasteiger partial charge in [-0.15, -0.1) is 0 Å². The highest BCUT2D eigenvalue weighted by Gasteiger charge is 2.30. The van der Waals surface area contributed by atoms with Gasteiger partial charge < -0.3 is 9.52 Å². The molecule has 5 nitrogen and oxygen atoms in total. The second-order valence-corrected chi connectivity index (χ2v) is 6.69. The van der Waals surface area contributed by atoms with Gasteiger partial charge in [-0.1, -0.05) is 36.1 Å². The van der Waals surface area contributed by atoms with Crippen molar-refractivity contribution in [3.8, 4) is 11.3 Å². The highest BCUT2D eigenvalue weighted by molar-refractivity contribution is 8.26. The van der Waals surface area contributed by atoms with Gasteiger partial charge in [-0.2, -0.15) is 0 Å². The lowest BCUT2D eigenvalue weighted by atomic mass is 10.1. The lowest BCUT2D eigenvalue weighted by molar-refractivity contribution is -0.122. The molecule has 1 amide bonds. The van der Waals surface area contributed by atoms with E-state index in [9.17, 15) is 9.59 Å². The zero-order valence-electron chi connectivity index (χ0n) is 12.7. The number of furan rings is 1. The van der Waals surface area contributed by atoms with E-state index in [1.165, 1.54) is 22.7 Å². The minimum atomic E-state index is -0.994. The van der Waals surface area contributed by atoms with Crippen molar-refractivity contribution in [1.29, 1.82) is 0 Å². The van der Waals surface area contributed by atoms with Crippen LogP contribution in [-0.4, -0.2) is 32.7 Å². The van der Waals surface area contributed by atoms with Gasteiger partial charge in [0.05, 0.1) is 10.5 Å².